The normalized spacial score (nSPS) is 10.7. The van der Waals surface area contributed by atoms with Gasteiger partial charge in [0.25, 0.3) is 5.91 Å². The molecule has 2 heterocycles. The van der Waals surface area contributed by atoms with Crippen LogP contribution in [0.5, 0.6) is 0 Å². The summed E-state index contributed by atoms with van der Waals surface area (Å²) in [6.07, 6.45) is 2.42. The van der Waals surface area contributed by atoms with E-state index in [9.17, 15) is 9.59 Å². The smallest absolute Gasteiger partial charge is 0.288 e. The highest BCUT2D eigenvalue weighted by atomic mass is 32.1. The Bertz CT molecular complexity index is 985. The molecule has 152 valence electrons. The third kappa shape index (κ3) is 6.13. The monoisotopic (exact) mass is 430 g/mol. The molecule has 0 aliphatic heterocycles. The van der Waals surface area contributed by atoms with E-state index in [1.807, 2.05) is 38.1 Å². The highest BCUT2D eigenvalue weighted by Crippen LogP contribution is 2.18. The van der Waals surface area contributed by atoms with Gasteiger partial charge in [-0.15, -0.1) is 20.4 Å². The number of nitrogens with one attached hydrogen (secondary N) is 2. The van der Waals surface area contributed by atoms with E-state index in [-0.39, 0.29) is 16.8 Å². The average molecular weight is 431 g/mol. The van der Waals surface area contributed by atoms with Gasteiger partial charge in [0.15, 0.2) is 0 Å². The summed E-state index contributed by atoms with van der Waals surface area (Å²) in [7, 11) is 0. The van der Waals surface area contributed by atoms with Gasteiger partial charge in [0.1, 0.15) is 10.0 Å². The molecule has 3 rings (SSSR count). The third-order valence-electron chi connectivity index (χ3n) is 4.18. The van der Waals surface area contributed by atoms with Gasteiger partial charge in [0.05, 0.1) is 0 Å². The van der Waals surface area contributed by atoms with Crippen molar-refractivity contribution in [2.45, 2.75) is 46.1 Å². The van der Waals surface area contributed by atoms with Crippen molar-refractivity contribution >= 4 is 39.6 Å². The number of hydrogen-bond acceptors (Lipinski definition) is 8. The van der Waals surface area contributed by atoms with Gasteiger partial charge in [-0.1, -0.05) is 53.9 Å². The summed E-state index contributed by atoms with van der Waals surface area (Å²) in [5, 5.41) is 23.8. The second kappa shape index (κ2) is 10.2. The molecule has 0 aliphatic rings. The van der Waals surface area contributed by atoms with Crippen molar-refractivity contribution in [3.63, 3.8) is 0 Å². The maximum absolute atomic E-state index is 12.2. The van der Waals surface area contributed by atoms with Gasteiger partial charge in [-0.25, -0.2) is 0 Å². The van der Waals surface area contributed by atoms with E-state index >= 15 is 0 Å². The quantitative estimate of drug-likeness (QED) is 0.540. The van der Waals surface area contributed by atoms with Gasteiger partial charge in [0, 0.05) is 19.4 Å². The summed E-state index contributed by atoms with van der Waals surface area (Å²) in [5.41, 5.74) is 2.27. The number of nitrogens with zero attached hydrogens (tertiary/aromatic N) is 4. The van der Waals surface area contributed by atoms with Crippen LogP contribution in [0.4, 0.5) is 5.13 Å². The summed E-state index contributed by atoms with van der Waals surface area (Å²) in [5.74, 6) is -0.345. The van der Waals surface area contributed by atoms with Crippen LogP contribution in [0.25, 0.3) is 0 Å². The van der Waals surface area contributed by atoms with E-state index in [0.29, 0.717) is 30.9 Å². The molecule has 2 aromatic heterocycles. The molecule has 0 bridgehead atoms. The molecule has 3 aromatic rings. The summed E-state index contributed by atoms with van der Waals surface area (Å²) in [6, 6.07) is 7.98. The molecule has 0 atom stereocenters. The molecule has 2 N–H and O–H groups in total. The number of hydrogen-bond donors (Lipinski definition) is 2. The molecule has 1 aromatic carbocycles. The van der Waals surface area contributed by atoms with Gasteiger partial charge in [0.2, 0.25) is 16.0 Å². The lowest BCUT2D eigenvalue weighted by Crippen LogP contribution is -2.22. The standard InChI is InChI=1S/C19H22N6O2S2/c1-3-15-22-25-19(29-15)21-17(27)18-24-23-16(28-18)10-6-9-14(26)20-11-13-8-5-4-7-12(13)2/h4-5,7-8H,3,6,9-11H2,1-2H3,(H,20,26)(H,21,25,27). The van der Waals surface area contributed by atoms with Crippen LogP contribution in [0.3, 0.4) is 0 Å². The molecule has 10 heteroatoms. The highest BCUT2D eigenvalue weighted by Gasteiger charge is 2.15. The Balaban J connectivity index is 1.41. The van der Waals surface area contributed by atoms with E-state index < -0.39 is 0 Å². The van der Waals surface area contributed by atoms with Crippen molar-refractivity contribution in [2.75, 3.05) is 5.32 Å². The van der Waals surface area contributed by atoms with Gasteiger partial charge in [-0.05, 0) is 30.9 Å². The maximum Gasteiger partial charge on any atom is 0.288 e. The Morgan fingerprint density at radius 2 is 1.83 bits per heavy atom. The topological polar surface area (TPSA) is 110 Å². The molecule has 0 radical (unpaired) electrons. The summed E-state index contributed by atoms with van der Waals surface area (Å²) in [6.45, 7) is 4.53. The molecule has 0 fully saturated rings. The fraction of sp³-hybridized carbons (Fsp3) is 0.368. The SMILES string of the molecule is CCc1nnc(NC(=O)c2nnc(CCCC(=O)NCc3ccccc3C)s2)s1. The van der Waals surface area contributed by atoms with E-state index in [2.05, 4.69) is 31.0 Å². The summed E-state index contributed by atoms with van der Waals surface area (Å²) in [4.78, 5) is 24.3. The first-order valence-corrected chi connectivity index (χ1v) is 11.0. The van der Waals surface area contributed by atoms with Crippen LogP contribution >= 0.6 is 22.7 Å². The molecule has 2 amide bonds. The van der Waals surface area contributed by atoms with Crippen molar-refractivity contribution in [3.05, 3.63) is 50.4 Å². The van der Waals surface area contributed by atoms with Crippen molar-refractivity contribution < 1.29 is 9.59 Å². The van der Waals surface area contributed by atoms with Gasteiger partial charge in [-0.3, -0.25) is 14.9 Å². The average Bonchev–Trinajstić information content (AvgIpc) is 3.37. The second-order valence-corrected chi connectivity index (χ2v) is 8.49. The van der Waals surface area contributed by atoms with Crippen molar-refractivity contribution in [1.29, 1.82) is 0 Å². The van der Waals surface area contributed by atoms with E-state index in [1.165, 1.54) is 22.7 Å². The molecule has 8 nitrogen and oxygen atoms in total. The molecule has 29 heavy (non-hydrogen) atoms. The number of benzene rings is 1. The van der Waals surface area contributed by atoms with Gasteiger partial charge in [-0.2, -0.15) is 0 Å². The summed E-state index contributed by atoms with van der Waals surface area (Å²) < 4.78 is 0. The zero-order valence-corrected chi connectivity index (χ0v) is 17.9. The van der Waals surface area contributed by atoms with Gasteiger partial charge >= 0.3 is 0 Å². The van der Waals surface area contributed by atoms with Crippen molar-refractivity contribution in [2.24, 2.45) is 0 Å². The molecule has 0 saturated heterocycles. The Morgan fingerprint density at radius 1 is 1.03 bits per heavy atom. The van der Waals surface area contributed by atoms with Crippen molar-refractivity contribution in [1.82, 2.24) is 25.7 Å². The van der Waals surface area contributed by atoms with Gasteiger partial charge < -0.3 is 5.32 Å². The Labute approximate surface area is 176 Å². The van der Waals surface area contributed by atoms with Crippen LogP contribution in [0.2, 0.25) is 0 Å². The minimum Gasteiger partial charge on any atom is -0.352 e. The molecular formula is C19H22N6O2S2. The zero-order valence-electron chi connectivity index (χ0n) is 16.3. The lowest BCUT2D eigenvalue weighted by Gasteiger charge is -2.07. The molecular weight excluding hydrogens is 408 g/mol. The van der Waals surface area contributed by atoms with Crippen LogP contribution < -0.4 is 10.6 Å². The lowest BCUT2D eigenvalue weighted by molar-refractivity contribution is -0.121. The van der Waals surface area contributed by atoms with E-state index in [1.54, 1.807) is 0 Å². The molecule has 0 spiro atoms. The predicted molar refractivity (Wildman–Crippen MR) is 113 cm³/mol. The van der Waals surface area contributed by atoms with Crippen LogP contribution in [-0.2, 0) is 24.2 Å². The minimum atomic E-state index is -0.344. The van der Waals surface area contributed by atoms with E-state index in [0.717, 1.165) is 27.6 Å². The molecule has 0 unspecified atom stereocenters. The second-order valence-electron chi connectivity index (χ2n) is 6.37. The first-order valence-electron chi connectivity index (χ1n) is 9.32. The Hall–Kier alpha value is -2.72. The fourth-order valence-corrected chi connectivity index (χ4v) is 3.99. The number of rotatable bonds is 9. The van der Waals surface area contributed by atoms with Crippen LogP contribution in [0, 0.1) is 6.92 Å². The number of aryl methyl sites for hydroxylation is 3. The predicted octanol–water partition coefficient (Wildman–Crippen LogP) is 3.15. The number of anilines is 1. The number of carbonyl (C=O) groups excluding carboxylic acids is 2. The largest absolute Gasteiger partial charge is 0.352 e. The lowest BCUT2D eigenvalue weighted by atomic mass is 10.1. The van der Waals surface area contributed by atoms with Crippen LogP contribution in [0.15, 0.2) is 24.3 Å². The molecule has 0 saturated carbocycles. The fourth-order valence-electron chi connectivity index (χ4n) is 2.53. The van der Waals surface area contributed by atoms with E-state index in [4.69, 9.17) is 0 Å². The maximum atomic E-state index is 12.2. The molecule has 0 aliphatic carbocycles. The first kappa shape index (κ1) is 21.0. The third-order valence-corrected chi connectivity index (χ3v) is 6.15. The zero-order chi connectivity index (χ0) is 20.6. The first-order chi connectivity index (χ1) is 14.0. The van der Waals surface area contributed by atoms with Crippen LogP contribution in [-0.4, -0.2) is 32.2 Å². The summed E-state index contributed by atoms with van der Waals surface area (Å²) >= 11 is 2.57. The number of carbonyl (C=O) groups is 2. The Kier molecular flexibility index (Phi) is 7.36. The minimum absolute atomic E-state index is 0.00117. The van der Waals surface area contributed by atoms with Crippen LogP contribution in [0.1, 0.15) is 50.7 Å². The number of amides is 2. The van der Waals surface area contributed by atoms with Crippen molar-refractivity contribution in [3.8, 4) is 0 Å². The highest BCUT2D eigenvalue weighted by molar-refractivity contribution is 7.16. The Morgan fingerprint density at radius 3 is 2.59 bits per heavy atom. The number of aromatic nitrogens is 4.